The Balaban J connectivity index is 0.00000200. The predicted octanol–water partition coefficient (Wildman–Crippen LogP) is -2.18. The molecule has 20 heavy (non-hydrogen) atoms. The number of hydrogen-bond donors (Lipinski definition) is 0. The van der Waals surface area contributed by atoms with E-state index in [4.69, 9.17) is 11.6 Å². The largest absolute Gasteiger partial charge is 1.00 e. The van der Waals surface area contributed by atoms with Gasteiger partial charge in [-0.25, -0.2) is 4.68 Å². The fourth-order valence-electron chi connectivity index (χ4n) is 1.84. The molecule has 2 aromatic rings. The Bertz CT molecular complexity index is 683. The van der Waals surface area contributed by atoms with Crippen LogP contribution in [-0.4, -0.2) is 15.7 Å². The third kappa shape index (κ3) is 3.30. The molecule has 1 heterocycles. The van der Waals surface area contributed by atoms with Crippen molar-refractivity contribution in [2.45, 2.75) is 13.3 Å². The van der Waals surface area contributed by atoms with Gasteiger partial charge in [-0.2, -0.15) is 5.10 Å². The van der Waals surface area contributed by atoms with Crippen LogP contribution in [0.15, 0.2) is 35.3 Å². The van der Waals surface area contributed by atoms with Gasteiger partial charge in [0.2, 0.25) is 5.43 Å². The average molecular weight is 301 g/mol. The van der Waals surface area contributed by atoms with Crippen molar-refractivity contribution in [3.05, 3.63) is 57.0 Å². The smallest absolute Gasteiger partial charge is 0.545 e. The molecule has 0 aliphatic carbocycles. The summed E-state index contributed by atoms with van der Waals surface area (Å²) in [5, 5.41) is 15.6. The number of carbonyl (C=O) groups excluding carboxylic acids is 1. The Hall–Kier alpha value is -1.14. The zero-order chi connectivity index (χ0) is 14.0. The van der Waals surface area contributed by atoms with Crippen LogP contribution in [-0.2, 0) is 6.42 Å². The van der Waals surface area contributed by atoms with Gasteiger partial charge < -0.3 is 9.90 Å². The third-order valence-corrected chi connectivity index (χ3v) is 2.94. The number of carboxylic acid groups (broad SMARTS) is 1. The summed E-state index contributed by atoms with van der Waals surface area (Å²) in [5.74, 6) is -1.49. The first kappa shape index (κ1) is 16.9. The standard InChI is InChI=1S/C13H11ClN2O3.Na/c1-2-10-12(13(18)19)11(17)7-15-16(10)9-5-3-8(14)4-6-9;/h3-7H,2H2,1H3,(H,18,19);/q;+1/p-1. The molecule has 0 amide bonds. The van der Waals surface area contributed by atoms with E-state index in [1.165, 1.54) is 4.68 Å². The van der Waals surface area contributed by atoms with Crippen molar-refractivity contribution in [3.8, 4) is 5.69 Å². The van der Waals surface area contributed by atoms with Gasteiger partial charge in [-0.15, -0.1) is 0 Å². The summed E-state index contributed by atoms with van der Waals surface area (Å²) in [4.78, 5) is 22.6. The summed E-state index contributed by atoms with van der Waals surface area (Å²) in [5.41, 5.74) is -0.0758. The first-order chi connectivity index (χ1) is 9.04. The second-order valence-corrected chi connectivity index (χ2v) is 4.30. The molecule has 7 heteroatoms. The van der Waals surface area contributed by atoms with Crippen LogP contribution in [0.5, 0.6) is 0 Å². The van der Waals surface area contributed by atoms with E-state index < -0.39 is 11.4 Å². The molecule has 0 fully saturated rings. The maximum Gasteiger partial charge on any atom is 1.00 e. The second kappa shape index (κ2) is 7.04. The summed E-state index contributed by atoms with van der Waals surface area (Å²) in [6, 6.07) is 6.71. The number of aromatic carboxylic acids is 1. The van der Waals surface area contributed by atoms with E-state index in [1.807, 2.05) is 0 Å². The zero-order valence-corrected chi connectivity index (χ0v) is 13.8. The molecule has 1 aromatic carbocycles. The molecule has 0 N–H and O–H groups in total. The maximum absolute atomic E-state index is 11.6. The van der Waals surface area contributed by atoms with Crippen molar-refractivity contribution in [2.24, 2.45) is 0 Å². The second-order valence-electron chi connectivity index (χ2n) is 3.86. The van der Waals surface area contributed by atoms with E-state index in [1.54, 1.807) is 31.2 Å². The van der Waals surface area contributed by atoms with Crippen molar-refractivity contribution in [1.29, 1.82) is 0 Å². The van der Waals surface area contributed by atoms with Crippen LogP contribution in [0.3, 0.4) is 0 Å². The van der Waals surface area contributed by atoms with Gasteiger partial charge in [0, 0.05) is 5.02 Å². The maximum atomic E-state index is 11.6. The molecule has 5 nitrogen and oxygen atoms in total. The van der Waals surface area contributed by atoms with Crippen LogP contribution in [0.25, 0.3) is 5.69 Å². The fourth-order valence-corrected chi connectivity index (χ4v) is 1.97. The summed E-state index contributed by atoms with van der Waals surface area (Å²) >= 11 is 5.80. The van der Waals surface area contributed by atoms with Crippen LogP contribution < -0.4 is 40.1 Å². The molecule has 0 spiro atoms. The first-order valence-corrected chi connectivity index (χ1v) is 6.01. The number of aromatic nitrogens is 2. The summed E-state index contributed by atoms with van der Waals surface area (Å²) < 4.78 is 1.41. The van der Waals surface area contributed by atoms with Crippen LogP contribution in [0.2, 0.25) is 5.02 Å². The van der Waals surface area contributed by atoms with Crippen molar-refractivity contribution < 1.29 is 39.5 Å². The fraction of sp³-hybridized carbons (Fsp3) is 0.154. The van der Waals surface area contributed by atoms with Gasteiger partial charge in [0.05, 0.1) is 29.1 Å². The van der Waals surface area contributed by atoms with Gasteiger partial charge in [-0.1, -0.05) is 18.5 Å². The summed E-state index contributed by atoms with van der Waals surface area (Å²) in [7, 11) is 0. The number of hydrogen-bond acceptors (Lipinski definition) is 4. The minimum atomic E-state index is -1.49. The van der Waals surface area contributed by atoms with Gasteiger partial charge in [-0.05, 0) is 30.7 Å². The van der Waals surface area contributed by atoms with Gasteiger partial charge in [-0.3, -0.25) is 4.79 Å². The van der Waals surface area contributed by atoms with E-state index in [0.29, 0.717) is 22.8 Å². The van der Waals surface area contributed by atoms with Crippen molar-refractivity contribution in [1.82, 2.24) is 9.78 Å². The number of rotatable bonds is 3. The topological polar surface area (TPSA) is 75.0 Å². The van der Waals surface area contributed by atoms with Crippen molar-refractivity contribution in [2.75, 3.05) is 0 Å². The SMILES string of the molecule is CCc1c(C(=O)[O-])c(=O)cnn1-c1ccc(Cl)cc1.[Na+]. The Morgan fingerprint density at radius 2 is 1.95 bits per heavy atom. The van der Waals surface area contributed by atoms with E-state index in [0.717, 1.165) is 6.20 Å². The van der Waals surface area contributed by atoms with E-state index in [2.05, 4.69) is 5.10 Å². The Labute approximate surface area is 142 Å². The van der Waals surface area contributed by atoms with Gasteiger partial charge in [0.25, 0.3) is 0 Å². The normalized spacial score (nSPS) is 9.90. The zero-order valence-electron chi connectivity index (χ0n) is 11.1. The minimum absolute atomic E-state index is 0. The molecule has 0 bridgehead atoms. The monoisotopic (exact) mass is 300 g/mol. The van der Waals surface area contributed by atoms with E-state index in [-0.39, 0.29) is 35.1 Å². The Kier molecular flexibility index (Phi) is 5.95. The quantitative estimate of drug-likeness (QED) is 0.604. The molecule has 0 aliphatic rings. The third-order valence-electron chi connectivity index (χ3n) is 2.69. The number of halogens is 1. The van der Waals surface area contributed by atoms with Crippen molar-refractivity contribution >= 4 is 17.6 Å². The molecular formula is C13H10ClN2NaO3. The van der Waals surface area contributed by atoms with Gasteiger partial charge in [0.15, 0.2) is 0 Å². The summed E-state index contributed by atoms with van der Waals surface area (Å²) in [6.45, 7) is 1.75. The summed E-state index contributed by atoms with van der Waals surface area (Å²) in [6.07, 6.45) is 1.31. The molecule has 0 aliphatic heterocycles. The first-order valence-electron chi connectivity index (χ1n) is 5.63. The molecule has 0 unspecified atom stereocenters. The van der Waals surface area contributed by atoms with Gasteiger partial charge in [0.1, 0.15) is 0 Å². The molecule has 0 saturated carbocycles. The molecule has 1 aromatic heterocycles. The van der Waals surface area contributed by atoms with Crippen LogP contribution in [0.1, 0.15) is 23.0 Å². The predicted molar refractivity (Wildman–Crippen MR) is 68.6 cm³/mol. The van der Waals surface area contributed by atoms with Crippen LogP contribution >= 0.6 is 11.6 Å². The molecular weight excluding hydrogens is 291 g/mol. The van der Waals surface area contributed by atoms with Crippen LogP contribution in [0.4, 0.5) is 0 Å². The molecule has 98 valence electrons. The molecule has 0 saturated heterocycles. The molecule has 2 rings (SSSR count). The number of nitrogens with zero attached hydrogens (tertiary/aromatic N) is 2. The number of carbonyl (C=O) groups is 1. The Morgan fingerprint density at radius 3 is 2.45 bits per heavy atom. The molecule has 0 atom stereocenters. The molecule has 0 radical (unpaired) electrons. The average Bonchev–Trinajstić information content (AvgIpc) is 2.39. The number of carboxylic acids is 1. The Morgan fingerprint density at radius 1 is 1.35 bits per heavy atom. The van der Waals surface area contributed by atoms with Crippen molar-refractivity contribution in [3.63, 3.8) is 0 Å². The number of benzene rings is 1. The van der Waals surface area contributed by atoms with Crippen LogP contribution in [0, 0.1) is 0 Å². The van der Waals surface area contributed by atoms with E-state index >= 15 is 0 Å². The minimum Gasteiger partial charge on any atom is -0.545 e. The van der Waals surface area contributed by atoms with Gasteiger partial charge >= 0.3 is 29.6 Å². The van der Waals surface area contributed by atoms with E-state index in [9.17, 15) is 14.7 Å².